The normalized spacial score (nSPS) is 9.94. The molecule has 0 radical (unpaired) electrons. The number of hydrogen-bond acceptors (Lipinski definition) is 5. The third-order valence-corrected chi connectivity index (χ3v) is 1.70. The molecule has 0 aromatic heterocycles. The predicted octanol–water partition coefficient (Wildman–Crippen LogP) is 0.601. The molecule has 0 saturated carbocycles. The van der Waals surface area contributed by atoms with Crippen LogP contribution >= 0.6 is 0 Å². The summed E-state index contributed by atoms with van der Waals surface area (Å²) in [6.45, 7) is 8.28. The molecular weight excluding hydrogens is 210 g/mol. The van der Waals surface area contributed by atoms with E-state index < -0.39 is 0 Å². The molecule has 0 aliphatic rings. The molecule has 16 heavy (non-hydrogen) atoms. The fraction of sp³-hybridized carbons (Fsp3) is 0.636. The maximum absolute atomic E-state index is 11.2. The van der Waals surface area contributed by atoms with Crippen molar-refractivity contribution in [1.82, 2.24) is 4.90 Å². The predicted molar refractivity (Wildman–Crippen MR) is 59.9 cm³/mol. The maximum atomic E-state index is 11.2. The van der Waals surface area contributed by atoms with E-state index in [1.54, 1.807) is 24.8 Å². The molecule has 0 aromatic rings. The average Bonchev–Trinajstić information content (AvgIpc) is 2.18. The lowest BCUT2D eigenvalue weighted by Crippen LogP contribution is -2.36. The molecule has 0 spiro atoms. The Kier molecular flexibility index (Phi) is 8.15. The molecule has 0 rings (SSSR count). The lowest BCUT2D eigenvalue weighted by atomic mass is 10.4. The highest BCUT2D eigenvalue weighted by Gasteiger charge is 2.14. The zero-order chi connectivity index (χ0) is 12.4. The number of carbonyl (C=O) groups excluding carboxylic acids is 2. The lowest BCUT2D eigenvalue weighted by molar-refractivity contribution is -0.147. The second-order valence-corrected chi connectivity index (χ2v) is 3.07. The first-order chi connectivity index (χ1) is 7.63. The molecule has 5 heteroatoms. The Morgan fingerprint density at radius 1 is 1.12 bits per heavy atom. The fourth-order valence-corrected chi connectivity index (χ4v) is 1.15. The minimum atomic E-state index is -0.353. The van der Waals surface area contributed by atoms with E-state index in [-0.39, 0.29) is 25.0 Å². The van der Waals surface area contributed by atoms with Crippen LogP contribution in [-0.2, 0) is 19.1 Å². The van der Waals surface area contributed by atoms with E-state index >= 15 is 0 Å². The van der Waals surface area contributed by atoms with Crippen molar-refractivity contribution < 1.29 is 19.1 Å². The molecule has 0 amide bonds. The van der Waals surface area contributed by atoms with Crippen LogP contribution < -0.4 is 0 Å². The summed E-state index contributed by atoms with van der Waals surface area (Å²) in [5, 5.41) is 0. The summed E-state index contributed by atoms with van der Waals surface area (Å²) >= 11 is 0. The Bertz CT molecular complexity index is 220. The van der Waals surface area contributed by atoms with Gasteiger partial charge in [0.15, 0.2) is 0 Å². The molecule has 0 aromatic carbocycles. The molecule has 0 heterocycles. The van der Waals surface area contributed by atoms with Crippen molar-refractivity contribution in [2.75, 3.05) is 32.8 Å². The quantitative estimate of drug-likeness (QED) is 0.450. The Hall–Kier alpha value is -1.36. The zero-order valence-corrected chi connectivity index (χ0v) is 9.90. The molecule has 0 atom stereocenters. The minimum Gasteiger partial charge on any atom is -0.465 e. The number of rotatable bonds is 8. The lowest BCUT2D eigenvalue weighted by Gasteiger charge is -2.18. The van der Waals surface area contributed by atoms with Crippen LogP contribution in [0.5, 0.6) is 0 Å². The van der Waals surface area contributed by atoms with Crippen LogP contribution in [-0.4, -0.2) is 49.7 Å². The summed E-state index contributed by atoms with van der Waals surface area (Å²) in [5.41, 5.74) is 0. The van der Waals surface area contributed by atoms with Gasteiger partial charge in [-0.1, -0.05) is 6.08 Å². The molecular formula is C11H19NO4. The third-order valence-electron chi connectivity index (χ3n) is 1.70. The van der Waals surface area contributed by atoms with Gasteiger partial charge in [-0.2, -0.15) is 0 Å². The van der Waals surface area contributed by atoms with Crippen molar-refractivity contribution in [2.24, 2.45) is 0 Å². The summed E-state index contributed by atoms with van der Waals surface area (Å²) in [4.78, 5) is 24.0. The van der Waals surface area contributed by atoms with E-state index in [0.29, 0.717) is 19.8 Å². The van der Waals surface area contributed by atoms with Crippen LogP contribution in [0.15, 0.2) is 12.7 Å². The van der Waals surface area contributed by atoms with E-state index in [1.807, 2.05) is 0 Å². The average molecular weight is 229 g/mol. The second kappa shape index (κ2) is 8.91. The molecule has 0 aliphatic heterocycles. The third kappa shape index (κ3) is 7.00. The largest absolute Gasteiger partial charge is 0.465 e. The van der Waals surface area contributed by atoms with Gasteiger partial charge < -0.3 is 9.47 Å². The first-order valence-corrected chi connectivity index (χ1v) is 5.28. The van der Waals surface area contributed by atoms with E-state index in [1.165, 1.54) is 0 Å². The van der Waals surface area contributed by atoms with Gasteiger partial charge >= 0.3 is 11.9 Å². The number of esters is 2. The van der Waals surface area contributed by atoms with Crippen molar-refractivity contribution in [3.8, 4) is 0 Å². The smallest absolute Gasteiger partial charge is 0.320 e. The van der Waals surface area contributed by atoms with Gasteiger partial charge in [0.05, 0.1) is 26.3 Å². The summed E-state index contributed by atoms with van der Waals surface area (Å²) in [6, 6.07) is 0. The summed E-state index contributed by atoms with van der Waals surface area (Å²) in [7, 11) is 0. The van der Waals surface area contributed by atoms with E-state index in [9.17, 15) is 9.59 Å². The first-order valence-electron chi connectivity index (χ1n) is 5.28. The highest BCUT2D eigenvalue weighted by atomic mass is 16.5. The van der Waals surface area contributed by atoms with Gasteiger partial charge in [0.2, 0.25) is 0 Å². The van der Waals surface area contributed by atoms with E-state index in [0.717, 1.165) is 0 Å². The molecule has 0 unspecified atom stereocenters. The van der Waals surface area contributed by atoms with Crippen molar-refractivity contribution in [1.29, 1.82) is 0 Å². The van der Waals surface area contributed by atoms with Gasteiger partial charge in [-0.05, 0) is 13.8 Å². The van der Waals surface area contributed by atoms with Crippen LogP contribution in [0.1, 0.15) is 13.8 Å². The van der Waals surface area contributed by atoms with Crippen molar-refractivity contribution in [2.45, 2.75) is 13.8 Å². The standard InChI is InChI=1S/C11H19NO4/c1-4-7-12(8-10(13)15-5-2)9-11(14)16-6-3/h4H,1,5-9H2,2-3H3. The monoisotopic (exact) mass is 229 g/mol. The van der Waals surface area contributed by atoms with Gasteiger partial charge in [0.25, 0.3) is 0 Å². The summed E-state index contributed by atoms with van der Waals surface area (Å²) in [5.74, 6) is -0.706. The number of carbonyl (C=O) groups is 2. The van der Waals surface area contributed by atoms with Crippen molar-refractivity contribution in [3.05, 3.63) is 12.7 Å². The molecule has 0 N–H and O–H groups in total. The molecule has 0 fully saturated rings. The van der Waals surface area contributed by atoms with Gasteiger partial charge in [0, 0.05) is 6.54 Å². The fourth-order valence-electron chi connectivity index (χ4n) is 1.15. The van der Waals surface area contributed by atoms with Crippen molar-refractivity contribution in [3.63, 3.8) is 0 Å². The van der Waals surface area contributed by atoms with Gasteiger partial charge in [0.1, 0.15) is 0 Å². The van der Waals surface area contributed by atoms with E-state index in [2.05, 4.69) is 6.58 Å². The first kappa shape index (κ1) is 14.6. The Balaban J connectivity index is 4.10. The number of nitrogens with zero attached hydrogens (tertiary/aromatic N) is 1. The van der Waals surface area contributed by atoms with Gasteiger partial charge in [-0.15, -0.1) is 6.58 Å². The van der Waals surface area contributed by atoms with Gasteiger partial charge in [-0.25, -0.2) is 0 Å². The van der Waals surface area contributed by atoms with Crippen LogP contribution in [0.25, 0.3) is 0 Å². The summed E-state index contributed by atoms with van der Waals surface area (Å²) < 4.78 is 9.59. The van der Waals surface area contributed by atoms with Crippen LogP contribution in [0.4, 0.5) is 0 Å². The molecule has 92 valence electrons. The second-order valence-electron chi connectivity index (χ2n) is 3.07. The van der Waals surface area contributed by atoms with Crippen molar-refractivity contribution >= 4 is 11.9 Å². The molecule has 0 bridgehead atoms. The van der Waals surface area contributed by atoms with Crippen LogP contribution in [0.3, 0.4) is 0 Å². The number of hydrogen-bond donors (Lipinski definition) is 0. The molecule has 0 aliphatic carbocycles. The van der Waals surface area contributed by atoms with E-state index in [4.69, 9.17) is 9.47 Å². The number of ether oxygens (including phenoxy) is 2. The zero-order valence-electron chi connectivity index (χ0n) is 9.90. The Morgan fingerprint density at radius 3 is 1.88 bits per heavy atom. The molecule has 0 saturated heterocycles. The minimum absolute atomic E-state index is 0.0681. The van der Waals surface area contributed by atoms with Gasteiger partial charge in [-0.3, -0.25) is 14.5 Å². The highest BCUT2D eigenvalue weighted by molar-refractivity contribution is 5.75. The Morgan fingerprint density at radius 2 is 1.56 bits per heavy atom. The van der Waals surface area contributed by atoms with Crippen LogP contribution in [0, 0.1) is 0 Å². The topological polar surface area (TPSA) is 55.8 Å². The highest BCUT2D eigenvalue weighted by Crippen LogP contribution is 1.93. The summed E-state index contributed by atoms with van der Waals surface area (Å²) in [6.07, 6.45) is 1.62. The SMILES string of the molecule is C=CCN(CC(=O)OCC)CC(=O)OCC. The molecule has 5 nitrogen and oxygen atoms in total. The van der Waals surface area contributed by atoms with Crippen LogP contribution in [0.2, 0.25) is 0 Å². The maximum Gasteiger partial charge on any atom is 0.320 e. The Labute approximate surface area is 96.0 Å².